The average molecular weight is 345 g/mol. The molecule has 0 aromatic heterocycles. The minimum atomic E-state index is -0.189. The summed E-state index contributed by atoms with van der Waals surface area (Å²) in [5.74, 6) is 0.635. The maximum atomic E-state index is 12.7. The van der Waals surface area contributed by atoms with Crippen molar-refractivity contribution in [3.05, 3.63) is 35.9 Å². The van der Waals surface area contributed by atoms with Crippen molar-refractivity contribution in [2.45, 2.75) is 64.2 Å². The molecule has 0 saturated carbocycles. The molecule has 5 heteroatoms. The van der Waals surface area contributed by atoms with Gasteiger partial charge in [0.1, 0.15) is 0 Å². The van der Waals surface area contributed by atoms with Crippen LogP contribution in [0, 0.1) is 5.92 Å². The normalized spacial score (nSPS) is 28.4. The van der Waals surface area contributed by atoms with Gasteiger partial charge in [-0.3, -0.25) is 15.1 Å². The van der Waals surface area contributed by atoms with E-state index in [1.807, 2.05) is 20.8 Å². The predicted octanol–water partition coefficient (Wildman–Crippen LogP) is 2.22. The summed E-state index contributed by atoms with van der Waals surface area (Å²) in [6, 6.07) is 11.3. The predicted molar refractivity (Wildman–Crippen MR) is 101 cm³/mol. The third-order valence-electron chi connectivity index (χ3n) is 5.33. The summed E-state index contributed by atoms with van der Waals surface area (Å²) in [6.07, 6.45) is 1.91. The molecule has 4 unspecified atom stereocenters. The third kappa shape index (κ3) is 4.22. The maximum Gasteiger partial charge on any atom is 0.237 e. The summed E-state index contributed by atoms with van der Waals surface area (Å²) in [7, 11) is 0. The van der Waals surface area contributed by atoms with E-state index in [-0.39, 0.29) is 17.5 Å². The first-order valence-corrected chi connectivity index (χ1v) is 9.51. The molecule has 2 heterocycles. The highest BCUT2D eigenvalue weighted by Gasteiger charge is 2.42. The molecule has 2 aliphatic heterocycles. The number of fused-ring (bicyclic) bond motifs is 1. The van der Waals surface area contributed by atoms with Crippen molar-refractivity contribution in [2.24, 2.45) is 5.92 Å². The van der Waals surface area contributed by atoms with Gasteiger partial charge in [-0.2, -0.15) is 0 Å². The molecule has 1 aromatic carbocycles. The van der Waals surface area contributed by atoms with Crippen LogP contribution in [0.25, 0.3) is 0 Å². The van der Waals surface area contributed by atoms with E-state index in [0.29, 0.717) is 18.0 Å². The minimum absolute atomic E-state index is 0.0443. The van der Waals surface area contributed by atoms with E-state index in [4.69, 9.17) is 0 Å². The summed E-state index contributed by atoms with van der Waals surface area (Å²) < 4.78 is 0. The van der Waals surface area contributed by atoms with Crippen LogP contribution in [0.4, 0.5) is 0 Å². The molecular formula is C20H32N4O. The molecule has 0 aliphatic carbocycles. The summed E-state index contributed by atoms with van der Waals surface area (Å²) in [4.78, 5) is 15.1. The number of rotatable bonds is 4. The lowest BCUT2D eigenvalue weighted by Gasteiger charge is -2.40. The van der Waals surface area contributed by atoms with Gasteiger partial charge in [0.2, 0.25) is 5.91 Å². The number of likely N-dealkylation sites (tertiary alicyclic amines) is 1. The van der Waals surface area contributed by atoms with E-state index in [1.165, 1.54) is 5.56 Å². The van der Waals surface area contributed by atoms with Gasteiger partial charge in [-0.15, -0.1) is 0 Å². The number of nitrogens with one attached hydrogen (secondary N) is 3. The topological polar surface area (TPSA) is 56.4 Å². The van der Waals surface area contributed by atoms with Crippen LogP contribution in [0.15, 0.2) is 30.3 Å². The second-order valence-electron chi connectivity index (χ2n) is 8.39. The van der Waals surface area contributed by atoms with Crippen molar-refractivity contribution in [1.82, 2.24) is 21.1 Å². The van der Waals surface area contributed by atoms with Crippen LogP contribution >= 0.6 is 0 Å². The van der Waals surface area contributed by atoms with Gasteiger partial charge in [0.25, 0.3) is 0 Å². The summed E-state index contributed by atoms with van der Waals surface area (Å²) in [6.45, 7) is 10.1. The second kappa shape index (κ2) is 7.44. The lowest BCUT2D eigenvalue weighted by molar-refractivity contribution is -0.129. The van der Waals surface area contributed by atoms with Crippen molar-refractivity contribution in [3.63, 3.8) is 0 Å². The van der Waals surface area contributed by atoms with Crippen LogP contribution in [-0.2, 0) is 4.79 Å². The van der Waals surface area contributed by atoms with Gasteiger partial charge in [0.05, 0.1) is 12.1 Å². The molecule has 1 aromatic rings. The third-order valence-corrected chi connectivity index (χ3v) is 5.33. The van der Waals surface area contributed by atoms with Crippen molar-refractivity contribution in [1.29, 1.82) is 0 Å². The first-order chi connectivity index (χ1) is 11.9. The average Bonchev–Trinajstić information content (AvgIpc) is 2.98. The Morgan fingerprint density at radius 3 is 2.64 bits per heavy atom. The highest BCUT2D eigenvalue weighted by atomic mass is 16.2. The number of piperidine rings is 1. The fourth-order valence-corrected chi connectivity index (χ4v) is 4.17. The summed E-state index contributed by atoms with van der Waals surface area (Å²) >= 11 is 0. The molecule has 5 nitrogen and oxygen atoms in total. The van der Waals surface area contributed by atoms with Crippen LogP contribution in [-0.4, -0.2) is 41.5 Å². The van der Waals surface area contributed by atoms with E-state index in [2.05, 4.69) is 58.3 Å². The van der Waals surface area contributed by atoms with Gasteiger partial charge >= 0.3 is 0 Å². The zero-order valence-corrected chi connectivity index (χ0v) is 15.9. The van der Waals surface area contributed by atoms with Crippen LogP contribution in [0.2, 0.25) is 0 Å². The highest BCUT2D eigenvalue weighted by Crippen LogP contribution is 2.34. The molecule has 0 radical (unpaired) electrons. The minimum Gasteiger partial charge on any atom is -0.350 e. The Morgan fingerprint density at radius 2 is 2.00 bits per heavy atom. The van der Waals surface area contributed by atoms with Gasteiger partial charge in [-0.05, 0) is 39.2 Å². The monoisotopic (exact) mass is 344 g/mol. The van der Waals surface area contributed by atoms with Crippen molar-refractivity contribution in [2.75, 3.05) is 13.1 Å². The number of hydrazine groups is 1. The number of carbonyl (C=O) groups is 1. The highest BCUT2D eigenvalue weighted by molar-refractivity contribution is 5.82. The SMILES string of the molecule is CCC(C(=O)NC(C)(C)C)N1CCC2NNC(c3ccccc3)C2C1. The van der Waals surface area contributed by atoms with E-state index in [0.717, 1.165) is 25.9 Å². The quantitative estimate of drug-likeness (QED) is 0.784. The Labute approximate surface area is 151 Å². The number of hydrogen-bond donors (Lipinski definition) is 3. The molecule has 2 fully saturated rings. The molecule has 138 valence electrons. The Kier molecular flexibility index (Phi) is 5.46. The molecule has 0 spiro atoms. The molecule has 4 atom stereocenters. The molecule has 2 saturated heterocycles. The molecular weight excluding hydrogens is 312 g/mol. The Bertz CT molecular complexity index is 583. The molecule has 3 N–H and O–H groups in total. The van der Waals surface area contributed by atoms with Gasteiger partial charge in [-0.1, -0.05) is 37.3 Å². The van der Waals surface area contributed by atoms with Crippen molar-refractivity contribution >= 4 is 5.91 Å². The fraction of sp³-hybridized carbons (Fsp3) is 0.650. The van der Waals surface area contributed by atoms with Gasteiger partial charge in [0.15, 0.2) is 0 Å². The fourth-order valence-electron chi connectivity index (χ4n) is 4.17. The Hall–Kier alpha value is -1.43. The van der Waals surface area contributed by atoms with Crippen molar-refractivity contribution in [3.8, 4) is 0 Å². The smallest absolute Gasteiger partial charge is 0.237 e. The molecule has 25 heavy (non-hydrogen) atoms. The van der Waals surface area contributed by atoms with Crippen LogP contribution in [0.1, 0.15) is 52.1 Å². The number of nitrogens with zero attached hydrogens (tertiary/aromatic N) is 1. The zero-order chi connectivity index (χ0) is 18.0. The van der Waals surface area contributed by atoms with Crippen LogP contribution in [0.3, 0.4) is 0 Å². The van der Waals surface area contributed by atoms with Gasteiger partial charge in [0, 0.05) is 30.6 Å². The number of hydrogen-bond acceptors (Lipinski definition) is 4. The Balaban J connectivity index is 1.71. The van der Waals surface area contributed by atoms with Crippen molar-refractivity contribution < 1.29 is 4.79 Å². The summed E-state index contributed by atoms with van der Waals surface area (Å²) in [5, 5.41) is 3.16. The van der Waals surface area contributed by atoms with E-state index < -0.39 is 0 Å². The van der Waals surface area contributed by atoms with E-state index >= 15 is 0 Å². The first kappa shape index (κ1) is 18.4. The lowest BCUT2D eigenvalue weighted by Crippen LogP contribution is -2.56. The number of carbonyl (C=O) groups excluding carboxylic acids is 1. The summed E-state index contributed by atoms with van der Waals surface area (Å²) in [5.41, 5.74) is 8.09. The van der Waals surface area contributed by atoms with Crippen LogP contribution in [0.5, 0.6) is 0 Å². The maximum absolute atomic E-state index is 12.7. The number of amides is 1. The van der Waals surface area contributed by atoms with Gasteiger partial charge < -0.3 is 5.32 Å². The second-order valence-corrected chi connectivity index (χ2v) is 8.39. The Morgan fingerprint density at radius 1 is 1.28 bits per heavy atom. The van der Waals surface area contributed by atoms with E-state index in [1.54, 1.807) is 0 Å². The molecule has 0 bridgehead atoms. The standard InChI is InChI=1S/C20H32N4O/c1-5-17(19(25)21-20(2,3)4)24-12-11-16-15(13-24)18(23-22-16)14-9-7-6-8-10-14/h6-10,15-18,22-23H,5,11-13H2,1-4H3,(H,21,25). The van der Waals surface area contributed by atoms with Crippen LogP contribution < -0.4 is 16.2 Å². The number of benzene rings is 1. The largest absolute Gasteiger partial charge is 0.350 e. The van der Waals surface area contributed by atoms with E-state index in [9.17, 15) is 4.79 Å². The first-order valence-electron chi connectivity index (χ1n) is 9.51. The van der Waals surface area contributed by atoms with Gasteiger partial charge in [-0.25, -0.2) is 5.43 Å². The zero-order valence-electron chi connectivity index (χ0n) is 15.9. The molecule has 3 rings (SSSR count). The lowest BCUT2D eigenvalue weighted by atomic mass is 9.84. The molecule has 1 amide bonds. The molecule has 2 aliphatic rings.